The number of amides is 2. The zero-order valence-electron chi connectivity index (χ0n) is 29.9. The lowest BCUT2D eigenvalue weighted by Crippen LogP contribution is -2.51. The highest BCUT2D eigenvalue weighted by Crippen LogP contribution is 2.34. The van der Waals surface area contributed by atoms with Gasteiger partial charge in [0.05, 0.1) is 43.5 Å². The van der Waals surface area contributed by atoms with Gasteiger partial charge in [0, 0.05) is 24.4 Å². The normalized spacial score (nSPS) is 16.2. The van der Waals surface area contributed by atoms with Gasteiger partial charge in [0.25, 0.3) is 0 Å². The minimum Gasteiger partial charge on any atom is -0.453 e. The zero-order valence-corrected chi connectivity index (χ0v) is 29.9. The smallest absolute Gasteiger partial charge is 0.407 e. The number of benzene rings is 3. The van der Waals surface area contributed by atoms with Gasteiger partial charge in [-0.3, -0.25) is 4.79 Å². The van der Waals surface area contributed by atoms with Gasteiger partial charge in [-0.15, -0.1) is 0 Å². The molecule has 2 aliphatic rings. The van der Waals surface area contributed by atoms with Crippen molar-refractivity contribution in [2.24, 2.45) is 5.92 Å². The van der Waals surface area contributed by atoms with Gasteiger partial charge in [0.15, 0.2) is 0 Å². The summed E-state index contributed by atoms with van der Waals surface area (Å²) in [5, 5.41) is 5.00. The summed E-state index contributed by atoms with van der Waals surface area (Å²) in [5.41, 5.74) is 7.84. The molecule has 3 heterocycles. The molecule has 1 saturated heterocycles. The Labute approximate surface area is 299 Å². The molecule has 1 fully saturated rings. The first-order valence-corrected chi connectivity index (χ1v) is 18.1. The van der Waals surface area contributed by atoms with Gasteiger partial charge in [-0.25, -0.2) is 14.8 Å². The molecule has 2 unspecified atom stereocenters. The summed E-state index contributed by atoms with van der Waals surface area (Å²) in [6, 6.07) is 20.8. The van der Waals surface area contributed by atoms with Crippen LogP contribution in [0.3, 0.4) is 0 Å². The van der Waals surface area contributed by atoms with Crippen molar-refractivity contribution >= 4 is 22.8 Å². The van der Waals surface area contributed by atoms with Crippen LogP contribution in [0.1, 0.15) is 70.6 Å². The molecule has 5 aromatic rings. The monoisotopic (exact) mass is 685 g/mol. The van der Waals surface area contributed by atoms with Crippen LogP contribution in [0.2, 0.25) is 0 Å². The van der Waals surface area contributed by atoms with Crippen LogP contribution in [-0.4, -0.2) is 68.0 Å². The summed E-state index contributed by atoms with van der Waals surface area (Å²) in [6.07, 6.45) is 10.7. The number of allylic oxidation sites excluding steroid dienone is 2. The SMILES string of the molecule is CCCN(Cc1ncc(-c2ccc(-c3ccc4cc(-c5cnc(C6CCCN6C(=O)C(NC(=O)OC)C(C)C)[nH]5)ccc4c3)cc2)[nH]1)C1=CCC1. The zero-order chi connectivity index (χ0) is 35.5. The molecule has 0 radical (unpaired) electrons. The fraction of sp³-hybridized carbons (Fsp3) is 0.366. The molecular formula is C41H47N7O3. The number of hydrogen-bond donors (Lipinski definition) is 3. The average Bonchev–Trinajstić information content (AvgIpc) is 3.91. The molecule has 2 amide bonds. The predicted octanol–water partition coefficient (Wildman–Crippen LogP) is 8.22. The third kappa shape index (κ3) is 7.27. The molecule has 2 aromatic heterocycles. The molecular weight excluding hydrogens is 638 g/mol. The molecule has 3 N–H and O–H groups in total. The minimum absolute atomic E-state index is 0.0837. The largest absolute Gasteiger partial charge is 0.453 e. The fourth-order valence-electron chi connectivity index (χ4n) is 7.21. The maximum absolute atomic E-state index is 13.5. The van der Waals surface area contributed by atoms with E-state index in [1.54, 1.807) is 0 Å². The molecule has 7 rings (SSSR count). The Hall–Kier alpha value is -5.38. The van der Waals surface area contributed by atoms with Crippen LogP contribution in [0.15, 0.2) is 84.8 Å². The summed E-state index contributed by atoms with van der Waals surface area (Å²) in [5.74, 6) is 1.55. The number of carbonyl (C=O) groups is 2. The number of aromatic nitrogens is 4. The number of alkyl carbamates (subject to hydrolysis) is 1. The van der Waals surface area contributed by atoms with Gasteiger partial charge in [-0.2, -0.15) is 0 Å². The maximum atomic E-state index is 13.5. The van der Waals surface area contributed by atoms with Gasteiger partial charge in [0.1, 0.15) is 17.7 Å². The number of aromatic amines is 2. The van der Waals surface area contributed by atoms with Crippen LogP contribution in [0, 0.1) is 5.92 Å². The molecule has 10 nitrogen and oxygen atoms in total. The lowest BCUT2D eigenvalue weighted by atomic mass is 9.98. The summed E-state index contributed by atoms with van der Waals surface area (Å²) in [7, 11) is 1.30. The van der Waals surface area contributed by atoms with Gasteiger partial charge in [-0.05, 0) is 77.6 Å². The van der Waals surface area contributed by atoms with Gasteiger partial charge in [-0.1, -0.05) is 75.4 Å². The molecule has 0 saturated carbocycles. The molecule has 1 aliphatic heterocycles. The summed E-state index contributed by atoms with van der Waals surface area (Å²) < 4.78 is 4.77. The van der Waals surface area contributed by atoms with Crippen molar-refractivity contribution in [3.8, 4) is 33.6 Å². The molecule has 0 bridgehead atoms. The standard InChI is InChI=1S/C41H47N7O3/c1-5-19-47(33-8-6-9-33)25-37-42-23-34(44-37)28-13-11-27(12-14-28)29-15-16-31-22-32(18-17-30(31)21-29)35-24-43-39(45-35)36-10-7-20-48(36)40(49)38(26(2)3)46-41(50)51-4/h8,11-18,21-24,26,36,38H,5-7,9-10,19-20,25H2,1-4H3,(H,42,44)(H,43,45)(H,46,50). The number of carbonyl (C=O) groups excluding carboxylic acids is 2. The first-order valence-electron chi connectivity index (χ1n) is 18.1. The van der Waals surface area contributed by atoms with E-state index in [0.717, 1.165) is 88.4 Å². The second-order valence-electron chi connectivity index (χ2n) is 14.0. The maximum Gasteiger partial charge on any atom is 0.407 e. The lowest BCUT2D eigenvalue weighted by molar-refractivity contribution is -0.135. The molecule has 2 atom stereocenters. The van der Waals surface area contributed by atoms with Crippen LogP contribution >= 0.6 is 0 Å². The highest BCUT2D eigenvalue weighted by atomic mass is 16.5. The number of methoxy groups -OCH3 is 1. The molecule has 51 heavy (non-hydrogen) atoms. The summed E-state index contributed by atoms with van der Waals surface area (Å²) in [6.45, 7) is 8.54. The molecule has 1 aliphatic carbocycles. The highest BCUT2D eigenvalue weighted by Gasteiger charge is 2.37. The second-order valence-corrected chi connectivity index (χ2v) is 14.0. The van der Waals surface area contributed by atoms with Crippen molar-refractivity contribution in [1.29, 1.82) is 0 Å². The first kappa shape index (κ1) is 34.1. The van der Waals surface area contributed by atoms with Crippen molar-refractivity contribution in [3.63, 3.8) is 0 Å². The molecule has 10 heteroatoms. The Morgan fingerprint density at radius 2 is 1.61 bits per heavy atom. The highest BCUT2D eigenvalue weighted by molar-refractivity contribution is 5.91. The topological polar surface area (TPSA) is 119 Å². The number of likely N-dealkylation sites (tertiary alicyclic amines) is 1. The van der Waals surface area contributed by atoms with Crippen molar-refractivity contribution in [2.75, 3.05) is 20.2 Å². The predicted molar refractivity (Wildman–Crippen MR) is 200 cm³/mol. The quantitative estimate of drug-likeness (QED) is 0.122. The Morgan fingerprint density at radius 3 is 2.29 bits per heavy atom. The number of hydrogen-bond acceptors (Lipinski definition) is 6. The average molecular weight is 686 g/mol. The number of H-pyrrole nitrogens is 2. The number of nitrogens with one attached hydrogen (secondary N) is 3. The van der Waals surface area contributed by atoms with Crippen LogP contribution in [0.5, 0.6) is 0 Å². The van der Waals surface area contributed by atoms with Gasteiger partial charge in [0.2, 0.25) is 5.91 Å². The van der Waals surface area contributed by atoms with E-state index in [-0.39, 0.29) is 17.9 Å². The van der Waals surface area contributed by atoms with Gasteiger partial charge >= 0.3 is 6.09 Å². The van der Waals surface area contributed by atoms with E-state index >= 15 is 0 Å². The van der Waals surface area contributed by atoms with Crippen molar-refractivity contribution in [1.82, 2.24) is 35.1 Å². The molecule has 0 spiro atoms. The van der Waals surface area contributed by atoms with E-state index < -0.39 is 12.1 Å². The van der Waals surface area contributed by atoms with E-state index in [2.05, 4.69) is 93.8 Å². The Kier molecular flexibility index (Phi) is 9.92. The van der Waals surface area contributed by atoms with Crippen LogP contribution in [0.4, 0.5) is 4.79 Å². The lowest BCUT2D eigenvalue weighted by Gasteiger charge is -2.30. The Bertz CT molecular complexity index is 2040. The van der Waals surface area contributed by atoms with Crippen LogP contribution in [-0.2, 0) is 16.1 Å². The minimum atomic E-state index is -0.665. The van der Waals surface area contributed by atoms with E-state index in [1.165, 1.54) is 25.6 Å². The van der Waals surface area contributed by atoms with E-state index in [9.17, 15) is 9.59 Å². The summed E-state index contributed by atoms with van der Waals surface area (Å²) in [4.78, 5) is 46.2. The summed E-state index contributed by atoms with van der Waals surface area (Å²) >= 11 is 0. The number of rotatable bonds is 12. The van der Waals surface area contributed by atoms with Crippen LogP contribution < -0.4 is 5.32 Å². The van der Waals surface area contributed by atoms with Gasteiger partial charge < -0.3 is 29.8 Å². The molecule has 3 aromatic carbocycles. The number of ether oxygens (including phenoxy) is 1. The van der Waals surface area contributed by atoms with Crippen molar-refractivity contribution in [3.05, 3.63) is 96.5 Å². The number of nitrogens with zero attached hydrogens (tertiary/aromatic N) is 4. The molecule has 264 valence electrons. The van der Waals surface area contributed by atoms with E-state index in [4.69, 9.17) is 14.7 Å². The second kappa shape index (κ2) is 14.8. The number of fused-ring (bicyclic) bond motifs is 1. The third-order valence-corrected chi connectivity index (χ3v) is 10.2. The number of imidazole rings is 2. The van der Waals surface area contributed by atoms with E-state index in [0.29, 0.717) is 6.54 Å². The van der Waals surface area contributed by atoms with E-state index in [1.807, 2.05) is 31.1 Å². The fourth-order valence-corrected chi connectivity index (χ4v) is 7.21. The Morgan fingerprint density at radius 1 is 0.941 bits per heavy atom. The van der Waals surface area contributed by atoms with Crippen molar-refractivity contribution in [2.45, 2.75) is 71.5 Å². The van der Waals surface area contributed by atoms with Crippen molar-refractivity contribution < 1.29 is 14.3 Å². The van der Waals surface area contributed by atoms with Crippen LogP contribution in [0.25, 0.3) is 44.4 Å². The first-order chi connectivity index (χ1) is 24.8. The Balaban J connectivity index is 1.03. The third-order valence-electron chi connectivity index (χ3n) is 10.2.